The highest BCUT2D eigenvalue weighted by atomic mass is 19.1. The van der Waals surface area contributed by atoms with Crippen molar-refractivity contribution >= 4 is 22.8 Å². The Hall–Kier alpha value is -4.02. The Balaban J connectivity index is 1.72. The molecule has 2 heterocycles. The Bertz CT molecular complexity index is 1270. The number of nitrogens with zero attached hydrogens (tertiary/aromatic N) is 3. The minimum Gasteiger partial charge on any atom is -0.478 e. The molecule has 3 aromatic rings. The van der Waals surface area contributed by atoms with E-state index in [1.807, 2.05) is 0 Å². The predicted octanol–water partition coefficient (Wildman–Crippen LogP) is -0.000200. The Labute approximate surface area is 168 Å². The highest BCUT2D eigenvalue weighted by Gasteiger charge is 2.18. The van der Waals surface area contributed by atoms with E-state index in [1.54, 1.807) is 6.07 Å². The lowest BCUT2D eigenvalue weighted by Crippen LogP contribution is -2.47. The number of para-hydroxylation sites is 1. The fourth-order valence-corrected chi connectivity index (χ4v) is 2.67. The first-order chi connectivity index (χ1) is 14.2. The smallest absolute Gasteiger partial charge is 0.332 e. The molecule has 2 amide bonds. The van der Waals surface area contributed by atoms with Crippen LogP contribution in [0.5, 0.6) is 5.75 Å². The van der Waals surface area contributed by atoms with Gasteiger partial charge in [0, 0.05) is 20.3 Å². The van der Waals surface area contributed by atoms with Gasteiger partial charge in [0.2, 0.25) is 0 Å². The third-order valence-electron chi connectivity index (χ3n) is 4.36. The number of fused-ring (bicyclic) bond motifs is 1. The molecule has 0 aliphatic carbocycles. The van der Waals surface area contributed by atoms with Crippen molar-refractivity contribution in [2.75, 3.05) is 0 Å². The first-order valence-corrected chi connectivity index (χ1v) is 8.78. The van der Waals surface area contributed by atoms with Crippen molar-refractivity contribution in [3.63, 3.8) is 0 Å². The van der Waals surface area contributed by atoms with Crippen LogP contribution in [-0.4, -0.2) is 32.0 Å². The summed E-state index contributed by atoms with van der Waals surface area (Å²) >= 11 is 0. The molecule has 0 bridgehead atoms. The van der Waals surface area contributed by atoms with Gasteiger partial charge < -0.3 is 4.74 Å². The van der Waals surface area contributed by atoms with Crippen LogP contribution in [-0.2, 0) is 18.9 Å². The van der Waals surface area contributed by atoms with Gasteiger partial charge in [0.1, 0.15) is 5.65 Å². The number of hydrogen-bond acceptors (Lipinski definition) is 6. The van der Waals surface area contributed by atoms with Crippen LogP contribution in [0.3, 0.4) is 0 Å². The second-order valence-electron chi connectivity index (χ2n) is 6.43. The normalized spacial score (nSPS) is 11.7. The van der Waals surface area contributed by atoms with E-state index in [-0.39, 0.29) is 22.3 Å². The molecule has 2 N–H and O–H groups in total. The van der Waals surface area contributed by atoms with E-state index in [0.717, 1.165) is 4.57 Å². The zero-order valence-corrected chi connectivity index (χ0v) is 16.3. The molecule has 0 fully saturated rings. The van der Waals surface area contributed by atoms with Crippen molar-refractivity contribution in [1.29, 1.82) is 0 Å². The standard InChI is InChI=1S/C19H18FN5O5/c1-10(30-14-7-5-4-6-13(14)20)16(26)22-23-17(27)11-8-12-15(21-9-11)24(2)19(29)25(3)18(12)28/h4-10H,1-3H3,(H,22,26)(H,23,27). The van der Waals surface area contributed by atoms with Crippen LogP contribution in [0.2, 0.25) is 0 Å². The summed E-state index contributed by atoms with van der Waals surface area (Å²) < 4.78 is 20.9. The second kappa shape index (κ2) is 8.15. The van der Waals surface area contributed by atoms with Gasteiger partial charge in [0.25, 0.3) is 17.4 Å². The van der Waals surface area contributed by atoms with E-state index in [2.05, 4.69) is 15.8 Å². The summed E-state index contributed by atoms with van der Waals surface area (Å²) in [5, 5.41) is 0.0647. The predicted molar refractivity (Wildman–Crippen MR) is 104 cm³/mol. The van der Waals surface area contributed by atoms with Crippen LogP contribution in [0.25, 0.3) is 11.0 Å². The number of halogens is 1. The van der Waals surface area contributed by atoms with Crippen LogP contribution in [0, 0.1) is 5.82 Å². The monoisotopic (exact) mass is 415 g/mol. The molecular weight excluding hydrogens is 397 g/mol. The van der Waals surface area contributed by atoms with E-state index >= 15 is 0 Å². The van der Waals surface area contributed by atoms with Gasteiger partial charge in [-0.25, -0.2) is 14.2 Å². The van der Waals surface area contributed by atoms with Gasteiger partial charge in [-0.2, -0.15) is 0 Å². The van der Waals surface area contributed by atoms with E-state index in [0.29, 0.717) is 0 Å². The first kappa shape index (κ1) is 20.7. The summed E-state index contributed by atoms with van der Waals surface area (Å²) in [7, 11) is 2.77. The minimum atomic E-state index is -1.10. The molecule has 0 aliphatic heterocycles. The summed E-state index contributed by atoms with van der Waals surface area (Å²) in [6.45, 7) is 1.38. The quantitative estimate of drug-likeness (QED) is 0.578. The maximum absolute atomic E-state index is 13.6. The topological polar surface area (TPSA) is 124 Å². The molecule has 1 atom stereocenters. The zero-order chi connectivity index (χ0) is 22.0. The van der Waals surface area contributed by atoms with E-state index in [1.165, 1.54) is 56.0 Å². The van der Waals surface area contributed by atoms with Crippen molar-refractivity contribution in [3.8, 4) is 5.75 Å². The fraction of sp³-hybridized carbons (Fsp3) is 0.211. The third kappa shape index (κ3) is 3.90. The van der Waals surface area contributed by atoms with Gasteiger partial charge in [-0.15, -0.1) is 0 Å². The average Bonchev–Trinajstić information content (AvgIpc) is 2.75. The van der Waals surface area contributed by atoms with Crippen LogP contribution in [0.1, 0.15) is 17.3 Å². The van der Waals surface area contributed by atoms with Gasteiger partial charge in [-0.3, -0.25) is 34.4 Å². The highest BCUT2D eigenvalue weighted by Crippen LogP contribution is 2.16. The number of carbonyl (C=O) groups excluding carboxylic acids is 2. The molecular formula is C19H18FN5O5. The lowest BCUT2D eigenvalue weighted by atomic mass is 10.2. The Morgan fingerprint density at radius 3 is 2.53 bits per heavy atom. The second-order valence-corrected chi connectivity index (χ2v) is 6.43. The van der Waals surface area contributed by atoms with Gasteiger partial charge in [-0.1, -0.05) is 12.1 Å². The van der Waals surface area contributed by atoms with E-state index < -0.39 is 35.0 Å². The number of hydrazine groups is 1. The Morgan fingerprint density at radius 1 is 1.13 bits per heavy atom. The maximum atomic E-state index is 13.6. The number of carbonyl (C=O) groups is 2. The van der Waals surface area contributed by atoms with Gasteiger partial charge in [0.15, 0.2) is 17.7 Å². The maximum Gasteiger partial charge on any atom is 0.332 e. The molecule has 0 aliphatic rings. The number of amides is 2. The van der Waals surface area contributed by atoms with Crippen molar-refractivity contribution < 1.29 is 18.7 Å². The molecule has 10 nitrogen and oxygen atoms in total. The van der Waals surface area contributed by atoms with Crippen molar-refractivity contribution in [3.05, 3.63) is 68.7 Å². The molecule has 156 valence electrons. The molecule has 0 radical (unpaired) electrons. The van der Waals surface area contributed by atoms with Crippen LogP contribution in [0.15, 0.2) is 46.1 Å². The van der Waals surface area contributed by atoms with Crippen molar-refractivity contribution in [2.45, 2.75) is 13.0 Å². The van der Waals surface area contributed by atoms with Gasteiger partial charge in [0.05, 0.1) is 10.9 Å². The number of hydrogen-bond donors (Lipinski definition) is 2. The highest BCUT2D eigenvalue weighted by molar-refractivity contribution is 5.97. The minimum absolute atomic E-state index is 0.0128. The zero-order valence-electron chi connectivity index (χ0n) is 16.3. The molecule has 30 heavy (non-hydrogen) atoms. The Morgan fingerprint density at radius 2 is 1.83 bits per heavy atom. The largest absolute Gasteiger partial charge is 0.478 e. The molecule has 11 heteroatoms. The summed E-state index contributed by atoms with van der Waals surface area (Å²) in [5.74, 6) is -2.20. The first-order valence-electron chi connectivity index (χ1n) is 8.78. The van der Waals surface area contributed by atoms with Crippen LogP contribution >= 0.6 is 0 Å². The SMILES string of the molecule is CC(Oc1ccccc1F)C(=O)NNC(=O)c1cnc2c(c1)c(=O)n(C)c(=O)n2C. The number of nitrogens with one attached hydrogen (secondary N) is 2. The van der Waals surface area contributed by atoms with E-state index in [4.69, 9.17) is 4.74 Å². The summed E-state index contributed by atoms with van der Waals surface area (Å²) in [4.78, 5) is 52.7. The molecule has 0 saturated heterocycles. The van der Waals surface area contributed by atoms with Gasteiger partial charge in [-0.05, 0) is 25.1 Å². The molecule has 0 spiro atoms. The van der Waals surface area contributed by atoms with Crippen LogP contribution < -0.4 is 26.8 Å². The summed E-state index contributed by atoms with van der Waals surface area (Å²) in [5.41, 5.74) is 3.29. The van der Waals surface area contributed by atoms with Gasteiger partial charge >= 0.3 is 5.69 Å². The van der Waals surface area contributed by atoms with Crippen LogP contribution in [0.4, 0.5) is 4.39 Å². The lowest BCUT2D eigenvalue weighted by Gasteiger charge is -2.15. The molecule has 1 aromatic carbocycles. The van der Waals surface area contributed by atoms with Crippen molar-refractivity contribution in [1.82, 2.24) is 25.0 Å². The number of ether oxygens (including phenoxy) is 1. The molecule has 3 rings (SSSR count). The summed E-state index contributed by atoms with van der Waals surface area (Å²) in [6.07, 6.45) is 0.0702. The third-order valence-corrected chi connectivity index (χ3v) is 4.36. The number of aryl methyl sites for hydroxylation is 1. The number of pyridine rings is 1. The number of benzene rings is 1. The van der Waals surface area contributed by atoms with Crippen molar-refractivity contribution in [2.24, 2.45) is 14.1 Å². The lowest BCUT2D eigenvalue weighted by molar-refractivity contribution is -0.128. The number of rotatable bonds is 4. The molecule has 2 aromatic heterocycles. The van der Waals surface area contributed by atoms with E-state index in [9.17, 15) is 23.6 Å². The number of aromatic nitrogens is 3. The Kier molecular flexibility index (Phi) is 5.63. The average molecular weight is 415 g/mol. The fourth-order valence-electron chi connectivity index (χ4n) is 2.67. The summed E-state index contributed by atoms with van der Waals surface area (Å²) in [6, 6.07) is 6.86. The molecule has 0 saturated carbocycles. The molecule has 1 unspecified atom stereocenters.